The summed E-state index contributed by atoms with van der Waals surface area (Å²) in [6, 6.07) is 21.4. The standard InChI is InChI=1S/C26H29ClN2O3S/c1-19-13-15-22(16-14-19)33(31,32)29(24-12-8-11-23(27)20(24)2)18-25(30)28-26(3,4)17-21-9-6-5-7-10-21/h5-16H,17-18H2,1-4H3,(H,28,30). The van der Waals surface area contributed by atoms with Gasteiger partial charge in [0, 0.05) is 10.6 Å². The first-order valence-corrected chi connectivity index (χ1v) is 12.5. The number of halogens is 1. The van der Waals surface area contributed by atoms with Crippen LogP contribution in [0.1, 0.15) is 30.5 Å². The van der Waals surface area contributed by atoms with Crippen molar-refractivity contribution in [3.8, 4) is 0 Å². The van der Waals surface area contributed by atoms with Gasteiger partial charge in [0.05, 0.1) is 10.6 Å². The van der Waals surface area contributed by atoms with Crippen molar-refractivity contribution >= 4 is 33.2 Å². The van der Waals surface area contributed by atoms with Crippen LogP contribution in [0.5, 0.6) is 0 Å². The molecule has 0 spiro atoms. The van der Waals surface area contributed by atoms with E-state index in [1.807, 2.05) is 51.1 Å². The number of rotatable bonds is 8. The van der Waals surface area contributed by atoms with Crippen LogP contribution in [0.2, 0.25) is 5.02 Å². The van der Waals surface area contributed by atoms with Crippen LogP contribution in [0.4, 0.5) is 5.69 Å². The summed E-state index contributed by atoms with van der Waals surface area (Å²) in [6.45, 7) is 7.10. The van der Waals surface area contributed by atoms with Crippen molar-refractivity contribution < 1.29 is 13.2 Å². The third-order valence-electron chi connectivity index (χ3n) is 5.37. The fraction of sp³-hybridized carbons (Fsp3) is 0.269. The molecule has 0 unspecified atom stereocenters. The van der Waals surface area contributed by atoms with E-state index in [0.717, 1.165) is 15.4 Å². The Kier molecular flexibility index (Phi) is 7.50. The third-order valence-corrected chi connectivity index (χ3v) is 7.55. The van der Waals surface area contributed by atoms with Crippen LogP contribution in [0, 0.1) is 13.8 Å². The molecule has 1 amide bonds. The lowest BCUT2D eigenvalue weighted by Crippen LogP contribution is -2.50. The molecule has 0 aliphatic carbocycles. The molecule has 0 aromatic heterocycles. The summed E-state index contributed by atoms with van der Waals surface area (Å²) in [5, 5.41) is 3.43. The van der Waals surface area contributed by atoms with Crippen molar-refractivity contribution in [1.82, 2.24) is 5.32 Å². The van der Waals surface area contributed by atoms with Crippen LogP contribution in [-0.4, -0.2) is 26.4 Å². The van der Waals surface area contributed by atoms with Gasteiger partial charge in [-0.2, -0.15) is 0 Å². The Hall–Kier alpha value is -2.83. The number of nitrogens with one attached hydrogen (secondary N) is 1. The van der Waals surface area contributed by atoms with Crippen molar-refractivity contribution in [1.29, 1.82) is 0 Å². The fourth-order valence-corrected chi connectivity index (χ4v) is 5.35. The molecule has 0 bridgehead atoms. The number of benzene rings is 3. The topological polar surface area (TPSA) is 66.5 Å². The van der Waals surface area contributed by atoms with E-state index in [4.69, 9.17) is 11.6 Å². The van der Waals surface area contributed by atoms with Crippen molar-refractivity contribution in [2.75, 3.05) is 10.8 Å². The molecule has 0 aliphatic rings. The molecule has 33 heavy (non-hydrogen) atoms. The van der Waals surface area contributed by atoms with E-state index in [1.165, 1.54) is 0 Å². The monoisotopic (exact) mass is 484 g/mol. The summed E-state index contributed by atoms with van der Waals surface area (Å²) in [7, 11) is -4.01. The van der Waals surface area contributed by atoms with Gasteiger partial charge in [-0.05, 0) is 69.5 Å². The van der Waals surface area contributed by atoms with Crippen molar-refractivity contribution in [3.05, 3.63) is 94.5 Å². The average Bonchev–Trinajstić information content (AvgIpc) is 2.74. The minimum Gasteiger partial charge on any atom is -0.349 e. The lowest BCUT2D eigenvalue weighted by molar-refractivity contribution is -0.121. The number of nitrogens with zero attached hydrogens (tertiary/aromatic N) is 1. The molecule has 1 N–H and O–H groups in total. The van der Waals surface area contributed by atoms with E-state index in [1.54, 1.807) is 49.4 Å². The first kappa shape index (κ1) is 24.8. The van der Waals surface area contributed by atoms with Gasteiger partial charge >= 0.3 is 0 Å². The molecular formula is C26H29ClN2O3S. The lowest BCUT2D eigenvalue weighted by atomic mass is 9.95. The third kappa shape index (κ3) is 6.15. The summed E-state index contributed by atoms with van der Waals surface area (Å²) in [5.74, 6) is -0.397. The van der Waals surface area contributed by atoms with Gasteiger partial charge in [0.15, 0.2) is 0 Å². The molecule has 3 aromatic carbocycles. The zero-order valence-electron chi connectivity index (χ0n) is 19.3. The number of aryl methyl sites for hydroxylation is 1. The van der Waals surface area contributed by atoms with Crippen LogP contribution < -0.4 is 9.62 Å². The number of anilines is 1. The number of hydrogen-bond donors (Lipinski definition) is 1. The van der Waals surface area contributed by atoms with Gasteiger partial charge in [0.25, 0.3) is 10.0 Å². The highest BCUT2D eigenvalue weighted by molar-refractivity contribution is 7.92. The summed E-state index contributed by atoms with van der Waals surface area (Å²) >= 11 is 6.29. The Morgan fingerprint density at radius 3 is 2.21 bits per heavy atom. The minimum atomic E-state index is -4.01. The molecular weight excluding hydrogens is 456 g/mol. The molecule has 3 aromatic rings. The molecule has 5 nitrogen and oxygen atoms in total. The van der Waals surface area contributed by atoms with Gasteiger partial charge in [0.1, 0.15) is 6.54 Å². The van der Waals surface area contributed by atoms with E-state index in [9.17, 15) is 13.2 Å². The average molecular weight is 485 g/mol. The highest BCUT2D eigenvalue weighted by Gasteiger charge is 2.30. The van der Waals surface area contributed by atoms with Gasteiger partial charge < -0.3 is 5.32 Å². The zero-order valence-corrected chi connectivity index (χ0v) is 20.9. The van der Waals surface area contributed by atoms with Gasteiger partial charge in [-0.3, -0.25) is 9.10 Å². The Morgan fingerprint density at radius 1 is 0.939 bits per heavy atom. The van der Waals surface area contributed by atoms with Crippen LogP contribution in [0.25, 0.3) is 0 Å². The SMILES string of the molecule is Cc1ccc(S(=O)(=O)N(CC(=O)NC(C)(C)Cc2ccccc2)c2cccc(Cl)c2C)cc1. The van der Waals surface area contributed by atoms with E-state index >= 15 is 0 Å². The predicted octanol–water partition coefficient (Wildman–Crippen LogP) is 5.29. The molecule has 0 saturated carbocycles. The van der Waals surface area contributed by atoms with Crippen LogP contribution in [0.3, 0.4) is 0 Å². The van der Waals surface area contributed by atoms with Gasteiger partial charge in [-0.1, -0.05) is 65.7 Å². The fourth-order valence-electron chi connectivity index (χ4n) is 3.70. The van der Waals surface area contributed by atoms with E-state index in [-0.39, 0.29) is 11.4 Å². The first-order chi connectivity index (χ1) is 15.5. The van der Waals surface area contributed by atoms with Gasteiger partial charge in [-0.15, -0.1) is 0 Å². The Bertz CT molecular complexity index is 1220. The Morgan fingerprint density at radius 2 is 1.58 bits per heavy atom. The maximum atomic E-state index is 13.6. The van der Waals surface area contributed by atoms with Crippen molar-refractivity contribution in [2.24, 2.45) is 0 Å². The molecule has 0 atom stereocenters. The highest BCUT2D eigenvalue weighted by Crippen LogP contribution is 2.31. The number of hydrogen-bond acceptors (Lipinski definition) is 3. The largest absolute Gasteiger partial charge is 0.349 e. The number of sulfonamides is 1. The summed E-state index contributed by atoms with van der Waals surface area (Å²) in [5.41, 5.74) is 2.42. The lowest BCUT2D eigenvalue weighted by Gasteiger charge is -2.30. The normalized spacial score (nSPS) is 11.8. The maximum Gasteiger partial charge on any atom is 0.264 e. The van der Waals surface area contributed by atoms with Gasteiger partial charge in [-0.25, -0.2) is 8.42 Å². The van der Waals surface area contributed by atoms with Crippen molar-refractivity contribution in [2.45, 2.75) is 44.6 Å². The first-order valence-electron chi connectivity index (χ1n) is 10.7. The van der Waals surface area contributed by atoms with Crippen molar-refractivity contribution in [3.63, 3.8) is 0 Å². The van der Waals surface area contributed by atoms with Gasteiger partial charge in [0.2, 0.25) is 5.91 Å². The molecule has 0 radical (unpaired) electrons. The molecule has 0 heterocycles. The van der Waals surface area contributed by atoms with E-state index in [0.29, 0.717) is 22.7 Å². The molecule has 3 rings (SSSR count). The number of carbonyl (C=O) groups is 1. The molecule has 0 aliphatic heterocycles. The van der Waals surface area contributed by atoms with E-state index in [2.05, 4.69) is 5.32 Å². The molecule has 0 saturated heterocycles. The maximum absolute atomic E-state index is 13.6. The summed E-state index contributed by atoms with van der Waals surface area (Å²) in [4.78, 5) is 13.2. The van der Waals surface area contributed by atoms with Crippen LogP contribution >= 0.6 is 11.6 Å². The Labute approximate surface area is 201 Å². The number of amides is 1. The second-order valence-electron chi connectivity index (χ2n) is 8.80. The number of carbonyl (C=O) groups excluding carboxylic acids is 1. The minimum absolute atomic E-state index is 0.115. The quantitative estimate of drug-likeness (QED) is 0.472. The summed E-state index contributed by atoms with van der Waals surface area (Å²) < 4.78 is 28.3. The Balaban J connectivity index is 1.92. The highest BCUT2D eigenvalue weighted by atomic mass is 35.5. The smallest absolute Gasteiger partial charge is 0.264 e. The van der Waals surface area contributed by atoms with Crippen LogP contribution in [0.15, 0.2) is 77.7 Å². The second kappa shape index (κ2) is 9.98. The molecule has 0 fully saturated rings. The predicted molar refractivity (Wildman–Crippen MR) is 134 cm³/mol. The second-order valence-corrected chi connectivity index (χ2v) is 11.1. The summed E-state index contributed by atoms with van der Waals surface area (Å²) in [6.07, 6.45) is 0.612. The molecule has 7 heteroatoms. The molecule has 174 valence electrons. The zero-order chi connectivity index (χ0) is 24.2. The van der Waals surface area contributed by atoms with Crippen LogP contribution in [-0.2, 0) is 21.2 Å². The van der Waals surface area contributed by atoms with E-state index < -0.39 is 21.5 Å².